The van der Waals surface area contributed by atoms with E-state index >= 15 is 0 Å². The molecular formula is C14H25NO. The van der Waals surface area contributed by atoms with Crippen LogP contribution in [0.4, 0.5) is 0 Å². The van der Waals surface area contributed by atoms with Crippen LogP contribution in [0, 0.1) is 0 Å². The lowest BCUT2D eigenvalue weighted by Crippen LogP contribution is -2.43. The predicted octanol–water partition coefficient (Wildman–Crippen LogP) is 3.03. The minimum Gasteiger partial charge on any atom is -0.378 e. The zero-order chi connectivity index (χ0) is 11.2. The van der Waals surface area contributed by atoms with E-state index in [0.717, 1.165) is 6.61 Å². The summed E-state index contributed by atoms with van der Waals surface area (Å²) in [4.78, 5) is 0. The molecule has 0 saturated carbocycles. The van der Waals surface area contributed by atoms with E-state index in [4.69, 9.17) is 4.74 Å². The molecule has 3 atom stereocenters. The minimum atomic E-state index is 0.504. The number of rotatable bonds is 4. The first-order chi connectivity index (χ1) is 7.88. The van der Waals surface area contributed by atoms with Crippen LogP contribution in [-0.4, -0.2) is 24.8 Å². The van der Waals surface area contributed by atoms with E-state index in [1.807, 2.05) is 0 Å². The second kappa shape index (κ2) is 6.41. The molecule has 0 aromatic rings. The monoisotopic (exact) mass is 223 g/mol. The molecule has 1 N–H and O–H groups in total. The predicted molar refractivity (Wildman–Crippen MR) is 67.6 cm³/mol. The number of hydrogen-bond acceptors (Lipinski definition) is 2. The lowest BCUT2D eigenvalue weighted by atomic mass is 9.96. The van der Waals surface area contributed by atoms with E-state index in [2.05, 4.69) is 24.4 Å². The lowest BCUT2D eigenvalue weighted by molar-refractivity contribution is -0.00439. The van der Waals surface area contributed by atoms with Crippen molar-refractivity contribution in [2.45, 2.75) is 70.1 Å². The van der Waals surface area contributed by atoms with Gasteiger partial charge < -0.3 is 10.1 Å². The van der Waals surface area contributed by atoms with Crippen LogP contribution in [0.3, 0.4) is 0 Å². The van der Waals surface area contributed by atoms with Crippen molar-refractivity contribution in [3.63, 3.8) is 0 Å². The number of ether oxygens (including phenoxy) is 1. The zero-order valence-corrected chi connectivity index (χ0v) is 10.5. The molecule has 2 nitrogen and oxygen atoms in total. The summed E-state index contributed by atoms with van der Waals surface area (Å²) in [6, 6.07) is 1.30. The Bertz CT molecular complexity index is 225. The first-order valence-electron chi connectivity index (χ1n) is 6.92. The highest BCUT2D eigenvalue weighted by molar-refractivity contribution is 4.99. The van der Waals surface area contributed by atoms with Gasteiger partial charge in [0.1, 0.15) is 0 Å². The van der Waals surface area contributed by atoms with E-state index in [0.29, 0.717) is 18.2 Å². The van der Waals surface area contributed by atoms with Gasteiger partial charge in [0.2, 0.25) is 0 Å². The standard InChI is InChI=1S/C14H25NO/c1-2-6-14-11-13(9-10-16-14)15-12-7-4-3-5-8-12/h4,7,12-15H,2-3,5-6,8-11H2,1H3. The fourth-order valence-corrected chi connectivity index (χ4v) is 2.81. The van der Waals surface area contributed by atoms with Crippen LogP contribution in [0.2, 0.25) is 0 Å². The van der Waals surface area contributed by atoms with Crippen LogP contribution in [0.5, 0.6) is 0 Å². The molecule has 92 valence electrons. The summed E-state index contributed by atoms with van der Waals surface area (Å²) < 4.78 is 5.78. The fourth-order valence-electron chi connectivity index (χ4n) is 2.81. The van der Waals surface area contributed by atoms with Crippen molar-refractivity contribution in [1.82, 2.24) is 5.32 Å². The van der Waals surface area contributed by atoms with E-state index < -0.39 is 0 Å². The third-order valence-electron chi connectivity index (χ3n) is 3.68. The van der Waals surface area contributed by atoms with Crippen LogP contribution in [0.15, 0.2) is 12.2 Å². The van der Waals surface area contributed by atoms with Crippen molar-refractivity contribution in [3.05, 3.63) is 12.2 Å². The Morgan fingerprint density at radius 2 is 2.31 bits per heavy atom. The molecule has 1 fully saturated rings. The van der Waals surface area contributed by atoms with E-state index in [9.17, 15) is 0 Å². The van der Waals surface area contributed by atoms with Crippen molar-refractivity contribution in [3.8, 4) is 0 Å². The third-order valence-corrected chi connectivity index (χ3v) is 3.68. The van der Waals surface area contributed by atoms with Crippen LogP contribution < -0.4 is 5.32 Å². The van der Waals surface area contributed by atoms with Gasteiger partial charge in [0.25, 0.3) is 0 Å². The molecule has 0 radical (unpaired) electrons. The largest absolute Gasteiger partial charge is 0.378 e. The van der Waals surface area contributed by atoms with E-state index in [1.54, 1.807) is 0 Å². The maximum absolute atomic E-state index is 5.78. The highest BCUT2D eigenvalue weighted by Gasteiger charge is 2.23. The molecule has 2 aliphatic rings. The Morgan fingerprint density at radius 3 is 3.06 bits per heavy atom. The molecule has 0 spiro atoms. The molecule has 0 aromatic carbocycles. The average Bonchev–Trinajstić information content (AvgIpc) is 2.31. The Balaban J connectivity index is 1.75. The molecule has 1 heterocycles. The Morgan fingerprint density at radius 1 is 1.38 bits per heavy atom. The van der Waals surface area contributed by atoms with Gasteiger partial charge in [-0.15, -0.1) is 0 Å². The molecule has 0 aromatic heterocycles. The van der Waals surface area contributed by atoms with Gasteiger partial charge in [-0.3, -0.25) is 0 Å². The second-order valence-corrected chi connectivity index (χ2v) is 5.13. The van der Waals surface area contributed by atoms with Gasteiger partial charge in [-0.25, -0.2) is 0 Å². The van der Waals surface area contributed by atoms with Gasteiger partial charge in [0.15, 0.2) is 0 Å². The molecular weight excluding hydrogens is 198 g/mol. The summed E-state index contributed by atoms with van der Waals surface area (Å²) in [5.74, 6) is 0. The lowest BCUT2D eigenvalue weighted by Gasteiger charge is -2.33. The zero-order valence-electron chi connectivity index (χ0n) is 10.5. The molecule has 1 aliphatic carbocycles. The maximum atomic E-state index is 5.78. The highest BCUT2D eigenvalue weighted by Crippen LogP contribution is 2.20. The summed E-state index contributed by atoms with van der Waals surface area (Å²) in [6.45, 7) is 3.18. The third kappa shape index (κ3) is 3.60. The number of allylic oxidation sites excluding steroid dienone is 1. The van der Waals surface area contributed by atoms with Gasteiger partial charge in [-0.2, -0.15) is 0 Å². The summed E-state index contributed by atoms with van der Waals surface area (Å²) in [5, 5.41) is 3.78. The molecule has 2 rings (SSSR count). The van der Waals surface area contributed by atoms with Gasteiger partial charge in [0.05, 0.1) is 6.10 Å². The smallest absolute Gasteiger partial charge is 0.0589 e. The SMILES string of the molecule is CCCC1CC(NC2C=CCCC2)CCO1. The summed E-state index contributed by atoms with van der Waals surface area (Å²) in [5.41, 5.74) is 0. The van der Waals surface area contributed by atoms with Crippen molar-refractivity contribution in [1.29, 1.82) is 0 Å². The molecule has 1 aliphatic heterocycles. The number of nitrogens with one attached hydrogen (secondary N) is 1. The van der Waals surface area contributed by atoms with Gasteiger partial charge >= 0.3 is 0 Å². The maximum Gasteiger partial charge on any atom is 0.0589 e. The second-order valence-electron chi connectivity index (χ2n) is 5.13. The summed E-state index contributed by atoms with van der Waals surface area (Å²) >= 11 is 0. The molecule has 3 unspecified atom stereocenters. The van der Waals surface area contributed by atoms with E-state index in [-0.39, 0.29) is 0 Å². The minimum absolute atomic E-state index is 0.504. The van der Waals surface area contributed by atoms with Crippen molar-refractivity contribution in [2.75, 3.05) is 6.61 Å². The fraction of sp³-hybridized carbons (Fsp3) is 0.857. The molecule has 1 saturated heterocycles. The van der Waals surface area contributed by atoms with Crippen LogP contribution in [0.25, 0.3) is 0 Å². The average molecular weight is 223 g/mol. The topological polar surface area (TPSA) is 21.3 Å². The van der Waals surface area contributed by atoms with Crippen LogP contribution >= 0.6 is 0 Å². The van der Waals surface area contributed by atoms with E-state index in [1.165, 1.54) is 44.9 Å². The van der Waals surface area contributed by atoms with Crippen molar-refractivity contribution >= 4 is 0 Å². The Kier molecular flexibility index (Phi) is 4.86. The van der Waals surface area contributed by atoms with Gasteiger partial charge in [0, 0.05) is 18.7 Å². The first kappa shape index (κ1) is 12.1. The molecule has 2 heteroatoms. The van der Waals surface area contributed by atoms with Crippen molar-refractivity contribution in [2.24, 2.45) is 0 Å². The highest BCUT2D eigenvalue weighted by atomic mass is 16.5. The first-order valence-corrected chi connectivity index (χ1v) is 6.92. The number of hydrogen-bond donors (Lipinski definition) is 1. The molecule has 16 heavy (non-hydrogen) atoms. The molecule has 0 bridgehead atoms. The molecule has 0 amide bonds. The van der Waals surface area contributed by atoms with Crippen LogP contribution in [-0.2, 0) is 4.74 Å². The van der Waals surface area contributed by atoms with Gasteiger partial charge in [-0.05, 0) is 38.5 Å². The normalized spacial score (nSPS) is 35.2. The van der Waals surface area contributed by atoms with Gasteiger partial charge in [-0.1, -0.05) is 25.5 Å². The quantitative estimate of drug-likeness (QED) is 0.740. The Labute approximate surface area is 99.4 Å². The van der Waals surface area contributed by atoms with Crippen LogP contribution in [0.1, 0.15) is 51.9 Å². The summed E-state index contributed by atoms with van der Waals surface area (Å²) in [7, 11) is 0. The summed E-state index contributed by atoms with van der Waals surface area (Å²) in [6.07, 6.45) is 14.0. The van der Waals surface area contributed by atoms with Crippen molar-refractivity contribution < 1.29 is 4.74 Å². The Hall–Kier alpha value is -0.340.